The van der Waals surface area contributed by atoms with E-state index in [4.69, 9.17) is 4.98 Å². The van der Waals surface area contributed by atoms with Crippen molar-refractivity contribution in [2.45, 2.75) is 44.4 Å². The van der Waals surface area contributed by atoms with Gasteiger partial charge in [-0.15, -0.1) is 11.3 Å². The van der Waals surface area contributed by atoms with Gasteiger partial charge in [-0.1, -0.05) is 18.2 Å². The molecule has 0 atom stereocenters. The number of hydrogen-bond donors (Lipinski definition) is 1. The fraction of sp³-hybridized carbons (Fsp3) is 0.360. The largest absolute Gasteiger partial charge is 0.341 e. The van der Waals surface area contributed by atoms with E-state index >= 15 is 0 Å². The van der Waals surface area contributed by atoms with Gasteiger partial charge in [-0.05, 0) is 43.4 Å². The van der Waals surface area contributed by atoms with Crippen LogP contribution in [0.4, 0.5) is 0 Å². The minimum Gasteiger partial charge on any atom is -0.341 e. The highest BCUT2D eigenvalue weighted by atomic mass is 32.2. The van der Waals surface area contributed by atoms with Gasteiger partial charge in [0.25, 0.3) is 5.56 Å². The number of thioether (sulfide) groups is 1. The Hall–Kier alpha value is -2.91. The molecule has 0 saturated heterocycles. The summed E-state index contributed by atoms with van der Waals surface area (Å²) in [6, 6.07) is 9.91. The Kier molecular flexibility index (Phi) is 6.82. The van der Waals surface area contributed by atoms with Gasteiger partial charge in [-0.3, -0.25) is 9.59 Å². The first-order valence-electron chi connectivity index (χ1n) is 11.5. The van der Waals surface area contributed by atoms with Crippen LogP contribution in [-0.4, -0.2) is 43.4 Å². The third-order valence-corrected chi connectivity index (χ3v) is 8.23. The topological polar surface area (TPSA) is 83.9 Å². The molecule has 1 aromatic carbocycles. The van der Waals surface area contributed by atoms with Crippen LogP contribution < -0.4 is 5.56 Å². The lowest BCUT2D eigenvalue weighted by molar-refractivity contribution is -0.129. The standard InChI is InChI=1S/C25H27N5O2S2/c1-29(14-17-13-26-30(15-17)18-7-3-2-4-8-18)22(31)11-12-33-16-21-27-24(32)23-19-9-5-6-10-20(19)34-25(23)28-21/h2-4,7-8,13,15H,5-6,9-12,14,16H2,1H3,(H,27,28,32). The fourth-order valence-electron chi connectivity index (χ4n) is 4.32. The SMILES string of the molecule is CN(Cc1cnn(-c2ccccc2)c1)C(=O)CCSCc1nc2sc3c(c2c(=O)[nH]1)CCCC3. The summed E-state index contributed by atoms with van der Waals surface area (Å²) < 4.78 is 1.82. The zero-order valence-electron chi connectivity index (χ0n) is 19.1. The molecule has 0 radical (unpaired) electrons. The maximum Gasteiger partial charge on any atom is 0.259 e. The molecular weight excluding hydrogens is 466 g/mol. The molecule has 9 heteroatoms. The third kappa shape index (κ3) is 4.95. The maximum absolute atomic E-state index is 12.7. The number of aryl methyl sites for hydroxylation is 2. The van der Waals surface area contributed by atoms with E-state index in [0.29, 0.717) is 30.3 Å². The molecular formula is C25H27N5O2S2. The minimum absolute atomic E-state index is 0.0214. The van der Waals surface area contributed by atoms with Crippen molar-refractivity contribution in [1.29, 1.82) is 0 Å². The second kappa shape index (κ2) is 10.1. The first kappa shape index (κ1) is 22.9. The number of nitrogens with one attached hydrogen (secondary N) is 1. The number of aromatic nitrogens is 4. The Labute approximate surface area is 206 Å². The number of rotatable bonds is 8. The molecule has 0 saturated carbocycles. The highest BCUT2D eigenvalue weighted by Crippen LogP contribution is 2.33. The van der Waals surface area contributed by atoms with Gasteiger partial charge in [0.05, 0.1) is 23.0 Å². The summed E-state index contributed by atoms with van der Waals surface area (Å²) in [5.41, 5.74) is 3.17. The van der Waals surface area contributed by atoms with Crippen LogP contribution in [-0.2, 0) is 29.9 Å². The van der Waals surface area contributed by atoms with Crippen molar-refractivity contribution in [2.75, 3.05) is 12.8 Å². The molecule has 1 aliphatic carbocycles. The molecule has 4 aromatic rings. The average molecular weight is 494 g/mol. The van der Waals surface area contributed by atoms with Crippen LogP contribution in [0, 0.1) is 0 Å². The lowest BCUT2D eigenvalue weighted by Crippen LogP contribution is -2.26. The number of hydrogen-bond acceptors (Lipinski definition) is 6. The lowest BCUT2D eigenvalue weighted by atomic mass is 9.97. The molecule has 176 valence electrons. The van der Waals surface area contributed by atoms with Gasteiger partial charge in [0.2, 0.25) is 5.91 Å². The highest BCUT2D eigenvalue weighted by molar-refractivity contribution is 7.98. The van der Waals surface area contributed by atoms with Gasteiger partial charge < -0.3 is 9.88 Å². The monoisotopic (exact) mass is 493 g/mol. The second-order valence-electron chi connectivity index (χ2n) is 8.58. The highest BCUT2D eigenvalue weighted by Gasteiger charge is 2.19. The summed E-state index contributed by atoms with van der Waals surface area (Å²) in [7, 11) is 1.82. The van der Waals surface area contributed by atoms with E-state index in [1.165, 1.54) is 16.9 Å². The lowest BCUT2D eigenvalue weighted by Gasteiger charge is -2.16. The molecule has 5 rings (SSSR count). The number of carbonyl (C=O) groups is 1. The van der Waals surface area contributed by atoms with Crippen LogP contribution >= 0.6 is 23.1 Å². The number of amides is 1. The summed E-state index contributed by atoms with van der Waals surface area (Å²) in [5, 5.41) is 5.19. The van der Waals surface area contributed by atoms with Crippen molar-refractivity contribution >= 4 is 39.2 Å². The summed E-state index contributed by atoms with van der Waals surface area (Å²) >= 11 is 3.29. The zero-order chi connectivity index (χ0) is 23.5. The van der Waals surface area contributed by atoms with E-state index < -0.39 is 0 Å². The van der Waals surface area contributed by atoms with Crippen molar-refractivity contribution in [3.63, 3.8) is 0 Å². The summed E-state index contributed by atoms with van der Waals surface area (Å²) in [6.45, 7) is 0.519. The molecule has 0 fully saturated rings. The van der Waals surface area contributed by atoms with Gasteiger partial charge in [0, 0.05) is 42.4 Å². The van der Waals surface area contributed by atoms with Crippen LogP contribution in [0.15, 0.2) is 47.5 Å². The number of para-hydroxylation sites is 1. The van der Waals surface area contributed by atoms with E-state index in [2.05, 4.69) is 10.1 Å². The molecule has 0 bridgehead atoms. The first-order valence-corrected chi connectivity index (χ1v) is 13.5. The van der Waals surface area contributed by atoms with E-state index in [0.717, 1.165) is 40.7 Å². The smallest absolute Gasteiger partial charge is 0.259 e. The van der Waals surface area contributed by atoms with Crippen LogP contribution in [0.2, 0.25) is 0 Å². The van der Waals surface area contributed by atoms with E-state index in [-0.39, 0.29) is 11.5 Å². The van der Waals surface area contributed by atoms with Gasteiger partial charge in [0.15, 0.2) is 0 Å². The van der Waals surface area contributed by atoms with Crippen LogP contribution in [0.3, 0.4) is 0 Å². The molecule has 7 nitrogen and oxygen atoms in total. The van der Waals surface area contributed by atoms with Gasteiger partial charge in [-0.25, -0.2) is 9.67 Å². The van der Waals surface area contributed by atoms with Gasteiger partial charge >= 0.3 is 0 Å². The molecule has 1 aliphatic rings. The number of fused-ring (bicyclic) bond motifs is 3. The number of nitrogens with zero attached hydrogens (tertiary/aromatic N) is 4. The Morgan fingerprint density at radius 3 is 2.91 bits per heavy atom. The van der Waals surface area contributed by atoms with E-state index in [9.17, 15) is 9.59 Å². The average Bonchev–Trinajstić information content (AvgIpc) is 3.47. The summed E-state index contributed by atoms with van der Waals surface area (Å²) in [6.07, 6.45) is 8.57. The number of thiophene rings is 1. The van der Waals surface area contributed by atoms with E-state index in [1.807, 2.05) is 48.3 Å². The van der Waals surface area contributed by atoms with Crippen LogP contribution in [0.1, 0.15) is 41.1 Å². The molecule has 0 aliphatic heterocycles. The summed E-state index contributed by atoms with van der Waals surface area (Å²) in [4.78, 5) is 36.8. The Morgan fingerprint density at radius 1 is 1.24 bits per heavy atom. The maximum atomic E-state index is 12.7. The molecule has 3 aromatic heterocycles. The molecule has 0 unspecified atom stereocenters. The predicted octanol–water partition coefficient (Wildman–Crippen LogP) is 4.33. The molecule has 1 N–H and O–H groups in total. The van der Waals surface area contributed by atoms with Gasteiger partial charge in [0.1, 0.15) is 10.7 Å². The molecule has 1 amide bonds. The van der Waals surface area contributed by atoms with Crippen molar-refractivity contribution in [1.82, 2.24) is 24.6 Å². The Morgan fingerprint density at radius 2 is 2.06 bits per heavy atom. The van der Waals surface area contributed by atoms with Crippen molar-refractivity contribution in [2.24, 2.45) is 0 Å². The number of carbonyl (C=O) groups excluding carboxylic acids is 1. The van der Waals surface area contributed by atoms with Crippen LogP contribution in [0.5, 0.6) is 0 Å². The Bertz CT molecular complexity index is 1360. The fourth-order valence-corrected chi connectivity index (χ4v) is 6.40. The summed E-state index contributed by atoms with van der Waals surface area (Å²) in [5.74, 6) is 2.04. The minimum atomic E-state index is -0.0214. The van der Waals surface area contributed by atoms with E-state index in [1.54, 1.807) is 34.2 Å². The zero-order valence-corrected chi connectivity index (χ0v) is 20.8. The Balaban J connectivity index is 1.12. The first-order chi connectivity index (χ1) is 16.6. The van der Waals surface area contributed by atoms with Crippen molar-refractivity contribution in [3.8, 4) is 5.69 Å². The normalized spacial score (nSPS) is 13.2. The molecule has 34 heavy (non-hydrogen) atoms. The number of H-pyrrole nitrogens is 1. The predicted molar refractivity (Wildman–Crippen MR) is 138 cm³/mol. The number of benzene rings is 1. The van der Waals surface area contributed by atoms with Crippen molar-refractivity contribution in [3.05, 3.63) is 74.9 Å². The third-order valence-electron chi connectivity index (χ3n) is 6.08. The second-order valence-corrected chi connectivity index (χ2v) is 10.8. The van der Waals surface area contributed by atoms with Crippen molar-refractivity contribution < 1.29 is 4.79 Å². The van der Waals surface area contributed by atoms with Gasteiger partial charge in [-0.2, -0.15) is 16.9 Å². The quantitative estimate of drug-likeness (QED) is 0.369. The molecule has 0 spiro atoms. The number of aromatic amines is 1. The van der Waals surface area contributed by atoms with Crippen LogP contribution in [0.25, 0.3) is 15.9 Å². The molecule has 3 heterocycles.